The minimum atomic E-state index is -0.250. The number of benzene rings is 1. The number of halogens is 1. The lowest BCUT2D eigenvalue weighted by atomic mass is 10.3. The molecule has 0 radical (unpaired) electrons. The molecule has 0 aromatic heterocycles. The Balaban J connectivity index is 0.000000292. The van der Waals surface area contributed by atoms with E-state index in [9.17, 15) is 0 Å². The lowest BCUT2D eigenvalue weighted by Gasteiger charge is -1.91. The SMILES string of the molecule is Nc1ccccc1Cl.O=CO. The third kappa shape index (κ3) is 4.22. The Kier molecular flexibility index (Phi) is 4.94. The Bertz CT molecular complexity index is 206. The molecule has 0 saturated carbocycles. The molecule has 1 rings (SSSR count). The van der Waals surface area contributed by atoms with Crippen molar-refractivity contribution in [1.29, 1.82) is 0 Å². The third-order valence-corrected chi connectivity index (χ3v) is 1.25. The molecule has 0 saturated heterocycles. The summed E-state index contributed by atoms with van der Waals surface area (Å²) in [5, 5.41) is 7.51. The van der Waals surface area contributed by atoms with Crippen molar-refractivity contribution in [2.75, 3.05) is 5.73 Å². The van der Waals surface area contributed by atoms with Crippen LogP contribution in [-0.4, -0.2) is 11.6 Å². The number of anilines is 1. The molecule has 0 aliphatic carbocycles. The van der Waals surface area contributed by atoms with Gasteiger partial charge in [-0.2, -0.15) is 0 Å². The van der Waals surface area contributed by atoms with E-state index in [1.165, 1.54) is 0 Å². The van der Waals surface area contributed by atoms with Gasteiger partial charge in [0.25, 0.3) is 6.47 Å². The normalized spacial score (nSPS) is 7.73. The number of carbonyl (C=O) groups is 1. The van der Waals surface area contributed by atoms with Gasteiger partial charge in [-0.15, -0.1) is 0 Å². The van der Waals surface area contributed by atoms with Crippen LogP contribution in [0.3, 0.4) is 0 Å². The standard InChI is InChI=1S/C6H6ClN.CH2O2/c7-5-3-1-2-4-6(5)8;2-1-3/h1-4H,8H2;1H,(H,2,3). The number of rotatable bonds is 0. The van der Waals surface area contributed by atoms with Crippen LogP contribution in [0.2, 0.25) is 5.02 Å². The van der Waals surface area contributed by atoms with E-state index in [0.29, 0.717) is 10.7 Å². The monoisotopic (exact) mass is 173 g/mol. The van der Waals surface area contributed by atoms with Crippen LogP contribution in [0, 0.1) is 0 Å². The number of nitrogen functional groups attached to an aromatic ring is 1. The number of hydrogen-bond acceptors (Lipinski definition) is 2. The molecule has 0 amide bonds. The van der Waals surface area contributed by atoms with Gasteiger partial charge < -0.3 is 10.8 Å². The summed E-state index contributed by atoms with van der Waals surface area (Å²) in [5.41, 5.74) is 6.02. The molecular formula is C7H8ClNO2. The van der Waals surface area contributed by atoms with Gasteiger partial charge in [-0.1, -0.05) is 23.7 Å². The number of hydrogen-bond donors (Lipinski definition) is 2. The van der Waals surface area contributed by atoms with Gasteiger partial charge in [0.1, 0.15) is 0 Å². The van der Waals surface area contributed by atoms with E-state index in [1.54, 1.807) is 12.1 Å². The Hall–Kier alpha value is -1.22. The van der Waals surface area contributed by atoms with Gasteiger partial charge in [0.2, 0.25) is 0 Å². The highest BCUT2D eigenvalue weighted by Crippen LogP contribution is 2.15. The largest absolute Gasteiger partial charge is 0.483 e. The third-order valence-electron chi connectivity index (χ3n) is 0.905. The van der Waals surface area contributed by atoms with Crippen LogP contribution < -0.4 is 5.73 Å². The van der Waals surface area contributed by atoms with Gasteiger partial charge >= 0.3 is 0 Å². The van der Waals surface area contributed by atoms with E-state index in [1.807, 2.05) is 12.1 Å². The van der Waals surface area contributed by atoms with Crippen molar-refractivity contribution in [3.05, 3.63) is 29.3 Å². The molecular weight excluding hydrogens is 166 g/mol. The first-order chi connectivity index (χ1) is 5.22. The fourth-order valence-corrected chi connectivity index (χ4v) is 0.611. The summed E-state index contributed by atoms with van der Waals surface area (Å²) in [6.07, 6.45) is 0. The topological polar surface area (TPSA) is 63.3 Å². The molecule has 0 heterocycles. The summed E-state index contributed by atoms with van der Waals surface area (Å²) in [7, 11) is 0. The van der Waals surface area contributed by atoms with Crippen LogP contribution in [0.15, 0.2) is 24.3 Å². The first-order valence-electron chi connectivity index (χ1n) is 2.80. The van der Waals surface area contributed by atoms with E-state index >= 15 is 0 Å². The average molecular weight is 174 g/mol. The lowest BCUT2D eigenvalue weighted by Crippen LogP contribution is -1.82. The summed E-state index contributed by atoms with van der Waals surface area (Å²) in [5.74, 6) is 0. The quantitative estimate of drug-likeness (QED) is 0.463. The Morgan fingerprint density at radius 2 is 1.91 bits per heavy atom. The second-order valence-electron chi connectivity index (χ2n) is 1.63. The molecule has 0 bridgehead atoms. The Morgan fingerprint density at radius 3 is 2.18 bits per heavy atom. The van der Waals surface area contributed by atoms with Crippen molar-refractivity contribution < 1.29 is 9.90 Å². The molecule has 0 unspecified atom stereocenters. The maximum absolute atomic E-state index is 8.36. The van der Waals surface area contributed by atoms with Crippen LogP contribution in [0.1, 0.15) is 0 Å². The molecule has 3 N–H and O–H groups in total. The second-order valence-corrected chi connectivity index (χ2v) is 2.03. The second kappa shape index (κ2) is 5.56. The van der Waals surface area contributed by atoms with Gasteiger partial charge in [-0.05, 0) is 12.1 Å². The summed E-state index contributed by atoms with van der Waals surface area (Å²) in [6, 6.07) is 7.22. The van der Waals surface area contributed by atoms with Gasteiger partial charge in [-0.3, -0.25) is 4.79 Å². The van der Waals surface area contributed by atoms with Crippen molar-refractivity contribution in [2.45, 2.75) is 0 Å². The van der Waals surface area contributed by atoms with E-state index in [0.717, 1.165) is 0 Å². The minimum absolute atomic E-state index is 0.250. The number of para-hydroxylation sites is 1. The first-order valence-corrected chi connectivity index (χ1v) is 3.18. The zero-order valence-electron chi connectivity index (χ0n) is 5.70. The summed E-state index contributed by atoms with van der Waals surface area (Å²) >= 11 is 5.58. The minimum Gasteiger partial charge on any atom is -0.483 e. The highest BCUT2D eigenvalue weighted by atomic mass is 35.5. The van der Waals surface area contributed by atoms with E-state index in [2.05, 4.69) is 0 Å². The van der Waals surface area contributed by atoms with E-state index in [4.69, 9.17) is 27.2 Å². The van der Waals surface area contributed by atoms with E-state index < -0.39 is 0 Å². The maximum atomic E-state index is 8.36. The fraction of sp³-hybridized carbons (Fsp3) is 0. The Labute approximate surface area is 69.4 Å². The van der Waals surface area contributed by atoms with Crippen LogP contribution in [0.4, 0.5) is 5.69 Å². The lowest BCUT2D eigenvalue weighted by molar-refractivity contribution is -0.122. The molecule has 0 atom stereocenters. The van der Waals surface area contributed by atoms with Crippen molar-refractivity contribution in [2.24, 2.45) is 0 Å². The molecule has 0 spiro atoms. The number of carboxylic acid groups (broad SMARTS) is 1. The Morgan fingerprint density at radius 1 is 1.45 bits per heavy atom. The summed E-state index contributed by atoms with van der Waals surface area (Å²) < 4.78 is 0. The molecule has 1 aromatic carbocycles. The van der Waals surface area contributed by atoms with Crippen molar-refractivity contribution >= 4 is 23.8 Å². The van der Waals surface area contributed by atoms with E-state index in [-0.39, 0.29) is 6.47 Å². The first kappa shape index (κ1) is 9.78. The fourth-order valence-electron chi connectivity index (χ4n) is 0.475. The van der Waals surface area contributed by atoms with Crippen LogP contribution in [0.5, 0.6) is 0 Å². The molecule has 3 nitrogen and oxygen atoms in total. The predicted molar refractivity (Wildman–Crippen MR) is 44.6 cm³/mol. The van der Waals surface area contributed by atoms with Crippen LogP contribution in [-0.2, 0) is 4.79 Å². The van der Waals surface area contributed by atoms with Crippen molar-refractivity contribution in [3.8, 4) is 0 Å². The van der Waals surface area contributed by atoms with Crippen LogP contribution >= 0.6 is 11.6 Å². The molecule has 1 aromatic rings. The zero-order valence-corrected chi connectivity index (χ0v) is 6.45. The van der Waals surface area contributed by atoms with Crippen molar-refractivity contribution in [1.82, 2.24) is 0 Å². The molecule has 0 fully saturated rings. The van der Waals surface area contributed by atoms with Gasteiger partial charge in [0, 0.05) is 0 Å². The van der Waals surface area contributed by atoms with Gasteiger partial charge in [-0.25, -0.2) is 0 Å². The summed E-state index contributed by atoms with van der Waals surface area (Å²) in [6.45, 7) is -0.250. The highest BCUT2D eigenvalue weighted by Gasteiger charge is 1.87. The molecule has 0 aliphatic heterocycles. The average Bonchev–Trinajstić information content (AvgIpc) is 1.97. The molecule has 4 heteroatoms. The van der Waals surface area contributed by atoms with Gasteiger partial charge in [0.05, 0.1) is 10.7 Å². The maximum Gasteiger partial charge on any atom is 0.290 e. The van der Waals surface area contributed by atoms with Crippen molar-refractivity contribution in [3.63, 3.8) is 0 Å². The summed E-state index contributed by atoms with van der Waals surface area (Å²) in [4.78, 5) is 8.36. The number of nitrogens with two attached hydrogens (primary N) is 1. The zero-order chi connectivity index (χ0) is 8.69. The van der Waals surface area contributed by atoms with Crippen LogP contribution in [0.25, 0.3) is 0 Å². The smallest absolute Gasteiger partial charge is 0.290 e. The molecule has 60 valence electrons. The molecule has 0 aliphatic rings. The molecule has 11 heavy (non-hydrogen) atoms. The van der Waals surface area contributed by atoms with Gasteiger partial charge in [0.15, 0.2) is 0 Å². The highest BCUT2D eigenvalue weighted by molar-refractivity contribution is 6.33. The predicted octanol–water partition coefficient (Wildman–Crippen LogP) is 1.62.